The summed E-state index contributed by atoms with van der Waals surface area (Å²) in [5, 5.41) is 19.7. The molecule has 0 saturated carbocycles. The summed E-state index contributed by atoms with van der Waals surface area (Å²) >= 11 is 0. The molecule has 0 aliphatic rings. The number of phenols is 1. The molecule has 0 spiro atoms. The number of hydrogen-bond donors (Lipinski definition) is 3. The highest BCUT2D eigenvalue weighted by Gasteiger charge is 2.15. The van der Waals surface area contributed by atoms with Gasteiger partial charge in [-0.05, 0) is 18.2 Å². The normalized spacial score (nSPS) is 11.0. The predicted molar refractivity (Wildman–Crippen MR) is 71.3 cm³/mol. The van der Waals surface area contributed by atoms with Gasteiger partial charge in [0.05, 0.1) is 11.2 Å². The summed E-state index contributed by atoms with van der Waals surface area (Å²) in [5.74, 6) is -0.784. The van der Waals surface area contributed by atoms with Crippen molar-refractivity contribution in [2.75, 3.05) is 0 Å². The van der Waals surface area contributed by atoms with E-state index in [1.807, 2.05) is 6.07 Å². The summed E-state index contributed by atoms with van der Waals surface area (Å²) in [5.41, 5.74) is 2.52. The SMILES string of the molecule is Cn1c(C(=O)O)ccc1-c1c[nH]c2c(O)cccc12. The fourth-order valence-electron chi connectivity index (χ4n) is 2.35. The highest BCUT2D eigenvalue weighted by Crippen LogP contribution is 2.33. The molecular formula is C14H12N2O3. The molecule has 3 aromatic rings. The summed E-state index contributed by atoms with van der Waals surface area (Å²) in [6.45, 7) is 0. The van der Waals surface area contributed by atoms with E-state index in [1.54, 1.807) is 42.1 Å². The van der Waals surface area contributed by atoms with Crippen molar-refractivity contribution in [1.29, 1.82) is 0 Å². The number of H-pyrrole nitrogens is 1. The Kier molecular flexibility index (Phi) is 2.35. The number of carbonyl (C=O) groups is 1. The van der Waals surface area contributed by atoms with Gasteiger partial charge in [-0.3, -0.25) is 0 Å². The van der Waals surface area contributed by atoms with Crippen molar-refractivity contribution in [2.24, 2.45) is 7.05 Å². The third-order valence-corrected chi connectivity index (χ3v) is 3.31. The lowest BCUT2D eigenvalue weighted by atomic mass is 10.1. The molecule has 2 aromatic heterocycles. The summed E-state index contributed by atoms with van der Waals surface area (Å²) in [6, 6.07) is 8.58. The van der Waals surface area contributed by atoms with Crippen molar-refractivity contribution >= 4 is 16.9 Å². The number of hydrogen-bond acceptors (Lipinski definition) is 2. The van der Waals surface area contributed by atoms with Crippen LogP contribution in [0.3, 0.4) is 0 Å². The van der Waals surface area contributed by atoms with Crippen LogP contribution in [0.2, 0.25) is 0 Å². The minimum absolute atomic E-state index is 0.177. The van der Waals surface area contributed by atoms with Crippen molar-refractivity contribution < 1.29 is 15.0 Å². The third-order valence-electron chi connectivity index (χ3n) is 3.31. The topological polar surface area (TPSA) is 78.2 Å². The predicted octanol–water partition coefficient (Wildman–Crippen LogP) is 2.58. The lowest BCUT2D eigenvalue weighted by molar-refractivity contribution is 0.0686. The van der Waals surface area contributed by atoms with Gasteiger partial charge in [-0.2, -0.15) is 0 Å². The maximum atomic E-state index is 11.1. The van der Waals surface area contributed by atoms with Gasteiger partial charge >= 0.3 is 5.97 Å². The van der Waals surface area contributed by atoms with Crippen LogP contribution in [0.5, 0.6) is 5.75 Å². The number of aromatic hydroxyl groups is 1. The van der Waals surface area contributed by atoms with Crippen molar-refractivity contribution in [2.45, 2.75) is 0 Å². The van der Waals surface area contributed by atoms with E-state index in [0.717, 1.165) is 16.6 Å². The van der Waals surface area contributed by atoms with Crippen LogP contribution in [-0.2, 0) is 7.05 Å². The van der Waals surface area contributed by atoms with Gasteiger partial charge in [0.2, 0.25) is 0 Å². The molecule has 19 heavy (non-hydrogen) atoms. The highest BCUT2D eigenvalue weighted by molar-refractivity contribution is 5.98. The number of fused-ring (bicyclic) bond motifs is 1. The molecule has 3 N–H and O–H groups in total. The molecule has 1 aromatic carbocycles. The Morgan fingerprint density at radius 3 is 2.74 bits per heavy atom. The van der Waals surface area contributed by atoms with E-state index in [2.05, 4.69) is 4.98 Å². The van der Waals surface area contributed by atoms with Gasteiger partial charge in [-0.25, -0.2) is 4.79 Å². The van der Waals surface area contributed by atoms with Crippen molar-refractivity contribution in [3.8, 4) is 17.0 Å². The second-order valence-corrected chi connectivity index (χ2v) is 4.37. The van der Waals surface area contributed by atoms with Crippen LogP contribution >= 0.6 is 0 Å². The van der Waals surface area contributed by atoms with Gasteiger partial charge in [0, 0.05) is 24.2 Å². The Balaban J connectivity index is 2.26. The number of carboxylic acid groups (broad SMARTS) is 1. The number of phenolic OH excluding ortho intramolecular Hbond substituents is 1. The molecule has 0 aliphatic heterocycles. The van der Waals surface area contributed by atoms with Crippen LogP contribution < -0.4 is 0 Å². The first-order valence-electron chi connectivity index (χ1n) is 5.78. The van der Waals surface area contributed by atoms with Gasteiger partial charge in [0.15, 0.2) is 0 Å². The second-order valence-electron chi connectivity index (χ2n) is 4.37. The van der Waals surface area contributed by atoms with Crippen LogP contribution in [0.4, 0.5) is 0 Å². The van der Waals surface area contributed by atoms with Gasteiger partial charge in [-0.15, -0.1) is 0 Å². The van der Waals surface area contributed by atoms with Crippen LogP contribution in [0, 0.1) is 0 Å². The highest BCUT2D eigenvalue weighted by atomic mass is 16.4. The molecule has 5 nitrogen and oxygen atoms in total. The number of aromatic carboxylic acids is 1. The molecule has 5 heteroatoms. The summed E-state index contributed by atoms with van der Waals surface area (Å²) < 4.78 is 1.62. The zero-order valence-electron chi connectivity index (χ0n) is 10.2. The number of benzene rings is 1. The molecule has 96 valence electrons. The van der Waals surface area contributed by atoms with Crippen molar-refractivity contribution in [1.82, 2.24) is 9.55 Å². The number of aromatic nitrogens is 2. The summed E-state index contributed by atoms with van der Waals surface area (Å²) in [7, 11) is 1.71. The number of rotatable bonds is 2. The van der Waals surface area contributed by atoms with Gasteiger partial charge in [0.25, 0.3) is 0 Å². The summed E-state index contributed by atoms with van der Waals surface area (Å²) in [4.78, 5) is 14.1. The Hall–Kier alpha value is -2.69. The van der Waals surface area contributed by atoms with Gasteiger partial charge in [0.1, 0.15) is 11.4 Å². The quantitative estimate of drug-likeness (QED) is 0.659. The Labute approximate surface area is 108 Å². The molecule has 3 rings (SSSR count). The molecule has 2 heterocycles. The fraction of sp³-hybridized carbons (Fsp3) is 0.0714. The lowest BCUT2D eigenvalue weighted by Gasteiger charge is -2.04. The molecular weight excluding hydrogens is 244 g/mol. The van der Waals surface area contributed by atoms with E-state index in [0.29, 0.717) is 5.52 Å². The van der Waals surface area contributed by atoms with Gasteiger partial charge < -0.3 is 19.8 Å². The smallest absolute Gasteiger partial charge is 0.352 e. The maximum absolute atomic E-state index is 11.1. The van der Waals surface area contributed by atoms with E-state index >= 15 is 0 Å². The molecule has 0 saturated heterocycles. The van der Waals surface area contributed by atoms with E-state index in [1.165, 1.54) is 0 Å². The van der Waals surface area contributed by atoms with Crippen LogP contribution in [0.25, 0.3) is 22.2 Å². The molecule has 0 fully saturated rings. The van der Waals surface area contributed by atoms with Crippen LogP contribution in [0.15, 0.2) is 36.5 Å². The Morgan fingerprint density at radius 2 is 2.05 bits per heavy atom. The third kappa shape index (κ3) is 1.59. The first kappa shape index (κ1) is 11.4. The minimum Gasteiger partial charge on any atom is -0.506 e. The zero-order valence-corrected chi connectivity index (χ0v) is 10.2. The fourth-order valence-corrected chi connectivity index (χ4v) is 2.35. The van der Waals surface area contributed by atoms with Gasteiger partial charge in [-0.1, -0.05) is 12.1 Å². The molecule has 0 radical (unpaired) electrons. The molecule has 0 amide bonds. The van der Waals surface area contributed by atoms with E-state index in [-0.39, 0.29) is 11.4 Å². The zero-order chi connectivity index (χ0) is 13.6. The first-order chi connectivity index (χ1) is 9.09. The van der Waals surface area contributed by atoms with Crippen molar-refractivity contribution in [3.05, 3.63) is 42.2 Å². The molecule has 0 unspecified atom stereocenters. The Bertz CT molecular complexity index is 783. The number of nitrogens with one attached hydrogen (secondary N) is 1. The molecule has 0 atom stereocenters. The number of carboxylic acids is 1. The number of aromatic amines is 1. The van der Waals surface area contributed by atoms with Crippen molar-refractivity contribution in [3.63, 3.8) is 0 Å². The van der Waals surface area contributed by atoms with E-state index in [4.69, 9.17) is 5.11 Å². The van der Waals surface area contributed by atoms with Crippen LogP contribution in [0.1, 0.15) is 10.5 Å². The standard InChI is InChI=1S/C14H12N2O3/c1-16-10(5-6-11(16)14(18)19)9-7-15-13-8(9)3-2-4-12(13)17/h2-7,15,17H,1H3,(H,18,19). The summed E-state index contributed by atoms with van der Waals surface area (Å²) in [6.07, 6.45) is 1.77. The monoisotopic (exact) mass is 256 g/mol. The largest absolute Gasteiger partial charge is 0.506 e. The molecule has 0 bridgehead atoms. The first-order valence-corrected chi connectivity index (χ1v) is 5.78. The van der Waals surface area contributed by atoms with E-state index < -0.39 is 5.97 Å². The maximum Gasteiger partial charge on any atom is 0.352 e. The van der Waals surface area contributed by atoms with Crippen LogP contribution in [-0.4, -0.2) is 25.7 Å². The number of nitrogens with zero attached hydrogens (tertiary/aromatic N) is 1. The number of para-hydroxylation sites is 1. The Morgan fingerprint density at radius 1 is 1.26 bits per heavy atom. The average molecular weight is 256 g/mol. The average Bonchev–Trinajstić information content (AvgIpc) is 2.93. The second kappa shape index (κ2) is 3.91. The minimum atomic E-state index is -0.962. The van der Waals surface area contributed by atoms with E-state index in [9.17, 15) is 9.90 Å². The molecule has 0 aliphatic carbocycles. The lowest BCUT2D eigenvalue weighted by Crippen LogP contribution is -2.04.